The number of ether oxygens (including phenoxy) is 1. The molecule has 0 radical (unpaired) electrons. The van der Waals surface area contributed by atoms with Gasteiger partial charge in [-0.2, -0.15) is 0 Å². The first kappa shape index (κ1) is 16.8. The monoisotopic (exact) mass is 342 g/mol. The third kappa shape index (κ3) is 3.13. The first-order valence-electron chi connectivity index (χ1n) is 8.23. The number of pyridine rings is 1. The molecule has 24 heavy (non-hydrogen) atoms. The number of rotatable bonds is 4. The average molecular weight is 342 g/mol. The number of hydrogen-bond acceptors (Lipinski definition) is 4. The van der Waals surface area contributed by atoms with E-state index in [2.05, 4.69) is 24.9 Å². The summed E-state index contributed by atoms with van der Waals surface area (Å²) in [5.41, 5.74) is 4.03. The zero-order valence-electron chi connectivity index (χ0n) is 14.3. The number of nitrogens with zero attached hydrogens (tertiary/aromatic N) is 2. The van der Waals surface area contributed by atoms with Gasteiger partial charge in [-0.25, -0.2) is 4.98 Å². The van der Waals surface area contributed by atoms with Crippen LogP contribution in [0.5, 0.6) is 5.75 Å². The zero-order chi connectivity index (χ0) is 17.1. The van der Waals surface area contributed by atoms with Crippen LogP contribution < -0.4 is 9.64 Å². The number of thioether (sulfide) groups is 1. The van der Waals surface area contributed by atoms with Gasteiger partial charge in [-0.15, -0.1) is 11.8 Å². The van der Waals surface area contributed by atoms with Crippen LogP contribution >= 0.6 is 11.8 Å². The lowest BCUT2D eigenvalue weighted by Crippen LogP contribution is -2.36. The number of fused-ring (bicyclic) bond motifs is 1. The molecule has 0 fully saturated rings. The van der Waals surface area contributed by atoms with Crippen LogP contribution in [0.2, 0.25) is 0 Å². The van der Waals surface area contributed by atoms with Crippen LogP contribution in [0.15, 0.2) is 35.5 Å². The Bertz CT molecular complexity index is 761. The lowest BCUT2D eigenvalue weighted by molar-refractivity contribution is 0.0984. The molecular formula is C19H22N2O2S. The Morgan fingerprint density at radius 1 is 1.38 bits per heavy atom. The normalized spacial score (nSPS) is 13.5. The second-order valence-electron chi connectivity index (χ2n) is 5.79. The third-order valence-corrected chi connectivity index (χ3v) is 5.11. The van der Waals surface area contributed by atoms with E-state index in [0.717, 1.165) is 35.1 Å². The second-order valence-corrected chi connectivity index (χ2v) is 7.07. The molecule has 0 unspecified atom stereocenters. The van der Waals surface area contributed by atoms with E-state index in [1.165, 1.54) is 11.1 Å². The molecule has 3 rings (SSSR count). The summed E-state index contributed by atoms with van der Waals surface area (Å²) in [5.74, 6) is 1.71. The molecule has 126 valence electrons. The second kappa shape index (κ2) is 7.26. The van der Waals surface area contributed by atoms with Gasteiger partial charge in [0.25, 0.3) is 5.91 Å². The molecule has 0 aliphatic carbocycles. The minimum absolute atomic E-state index is 0.0141. The van der Waals surface area contributed by atoms with E-state index in [9.17, 15) is 4.79 Å². The Hall–Kier alpha value is -2.01. The number of aromatic nitrogens is 1. The summed E-state index contributed by atoms with van der Waals surface area (Å²) in [4.78, 5) is 19.3. The van der Waals surface area contributed by atoms with Crippen LogP contribution in [0.25, 0.3) is 0 Å². The van der Waals surface area contributed by atoms with Gasteiger partial charge in [-0.3, -0.25) is 4.79 Å². The molecule has 1 aliphatic rings. The van der Waals surface area contributed by atoms with E-state index in [0.29, 0.717) is 12.1 Å². The van der Waals surface area contributed by atoms with Gasteiger partial charge in [-0.05, 0) is 54.8 Å². The third-order valence-electron chi connectivity index (χ3n) is 4.30. The lowest BCUT2D eigenvalue weighted by atomic mass is 9.95. The molecule has 0 saturated carbocycles. The number of hydrogen-bond donors (Lipinski definition) is 0. The van der Waals surface area contributed by atoms with Crippen molar-refractivity contribution in [3.05, 3.63) is 47.2 Å². The van der Waals surface area contributed by atoms with Gasteiger partial charge in [0.2, 0.25) is 0 Å². The predicted octanol–water partition coefficient (Wildman–Crippen LogP) is 4.10. The van der Waals surface area contributed by atoms with E-state index in [1.807, 2.05) is 17.0 Å². The molecule has 1 amide bonds. The highest BCUT2D eigenvalue weighted by Gasteiger charge is 2.28. The van der Waals surface area contributed by atoms with Gasteiger partial charge < -0.3 is 9.64 Å². The Kier molecular flexibility index (Phi) is 5.09. The van der Waals surface area contributed by atoms with Crippen LogP contribution in [-0.2, 0) is 6.42 Å². The van der Waals surface area contributed by atoms with Crippen molar-refractivity contribution in [2.45, 2.75) is 31.7 Å². The molecule has 2 aromatic rings. The minimum atomic E-state index is 0.0141. The van der Waals surface area contributed by atoms with Gasteiger partial charge in [0.05, 0.1) is 17.8 Å². The van der Waals surface area contributed by atoms with E-state index in [-0.39, 0.29) is 5.91 Å². The maximum absolute atomic E-state index is 13.1. The number of aryl methyl sites for hydroxylation is 1. The Morgan fingerprint density at radius 3 is 2.96 bits per heavy atom. The van der Waals surface area contributed by atoms with Gasteiger partial charge >= 0.3 is 0 Å². The molecule has 4 nitrogen and oxygen atoms in total. The molecule has 1 aromatic heterocycles. The molecular weight excluding hydrogens is 320 g/mol. The van der Waals surface area contributed by atoms with Gasteiger partial charge in [0.1, 0.15) is 5.75 Å². The highest BCUT2D eigenvalue weighted by molar-refractivity contribution is 7.99. The van der Waals surface area contributed by atoms with Crippen LogP contribution in [-0.4, -0.2) is 30.3 Å². The molecule has 5 heteroatoms. The van der Waals surface area contributed by atoms with Crippen LogP contribution in [0, 0.1) is 6.92 Å². The smallest absolute Gasteiger partial charge is 0.258 e. The summed E-state index contributed by atoms with van der Waals surface area (Å²) in [6, 6.07) is 7.68. The Morgan fingerprint density at radius 2 is 2.21 bits per heavy atom. The topological polar surface area (TPSA) is 42.4 Å². The number of anilines is 1. The van der Waals surface area contributed by atoms with Gasteiger partial charge in [0, 0.05) is 18.3 Å². The lowest BCUT2D eigenvalue weighted by Gasteiger charge is -2.32. The predicted molar refractivity (Wildman–Crippen MR) is 98.4 cm³/mol. The van der Waals surface area contributed by atoms with E-state index >= 15 is 0 Å². The Balaban J connectivity index is 2.01. The van der Waals surface area contributed by atoms with Crippen molar-refractivity contribution in [1.82, 2.24) is 4.98 Å². The minimum Gasteiger partial charge on any atom is -0.495 e. The van der Waals surface area contributed by atoms with E-state index in [4.69, 9.17) is 4.74 Å². The van der Waals surface area contributed by atoms with Crippen molar-refractivity contribution >= 4 is 23.4 Å². The fourth-order valence-corrected chi connectivity index (χ4v) is 3.79. The quantitative estimate of drug-likeness (QED) is 0.785. The van der Waals surface area contributed by atoms with Gasteiger partial charge in [0.15, 0.2) is 0 Å². The van der Waals surface area contributed by atoms with Crippen molar-refractivity contribution in [3.8, 4) is 5.75 Å². The highest BCUT2D eigenvalue weighted by atomic mass is 32.2. The first-order valence-corrected chi connectivity index (χ1v) is 9.21. The zero-order valence-corrected chi connectivity index (χ0v) is 15.2. The number of benzene rings is 1. The summed E-state index contributed by atoms with van der Waals surface area (Å²) in [7, 11) is 1.66. The van der Waals surface area contributed by atoms with Crippen molar-refractivity contribution in [2.75, 3.05) is 24.3 Å². The molecule has 0 saturated heterocycles. The summed E-state index contributed by atoms with van der Waals surface area (Å²) < 4.78 is 5.54. The SMILES string of the molecule is CCSc1cc(C(=O)N2CCCc3c(C)ccc(OC)c32)ccn1. The van der Waals surface area contributed by atoms with Crippen molar-refractivity contribution < 1.29 is 9.53 Å². The van der Waals surface area contributed by atoms with E-state index < -0.39 is 0 Å². The molecule has 0 spiro atoms. The Labute approximate surface area is 147 Å². The fraction of sp³-hybridized carbons (Fsp3) is 0.368. The maximum Gasteiger partial charge on any atom is 0.258 e. The summed E-state index contributed by atoms with van der Waals surface area (Å²) in [5, 5.41) is 0.886. The molecule has 0 N–H and O–H groups in total. The maximum atomic E-state index is 13.1. The average Bonchev–Trinajstić information content (AvgIpc) is 2.62. The number of methoxy groups -OCH3 is 1. The molecule has 0 atom stereocenters. The van der Waals surface area contributed by atoms with Crippen LogP contribution in [0.1, 0.15) is 34.8 Å². The molecule has 2 heterocycles. The molecule has 0 bridgehead atoms. The highest BCUT2D eigenvalue weighted by Crippen LogP contribution is 2.39. The van der Waals surface area contributed by atoms with Crippen LogP contribution in [0.3, 0.4) is 0 Å². The van der Waals surface area contributed by atoms with Crippen molar-refractivity contribution in [3.63, 3.8) is 0 Å². The largest absolute Gasteiger partial charge is 0.495 e. The first-order chi connectivity index (χ1) is 11.7. The molecule has 1 aromatic carbocycles. The number of amides is 1. The van der Waals surface area contributed by atoms with Crippen molar-refractivity contribution in [2.24, 2.45) is 0 Å². The van der Waals surface area contributed by atoms with Crippen molar-refractivity contribution in [1.29, 1.82) is 0 Å². The van der Waals surface area contributed by atoms with E-state index in [1.54, 1.807) is 31.1 Å². The summed E-state index contributed by atoms with van der Waals surface area (Å²) >= 11 is 1.64. The number of carbonyl (C=O) groups is 1. The van der Waals surface area contributed by atoms with Gasteiger partial charge in [-0.1, -0.05) is 13.0 Å². The van der Waals surface area contributed by atoms with Crippen LogP contribution in [0.4, 0.5) is 5.69 Å². The molecule has 1 aliphatic heterocycles. The standard InChI is InChI=1S/C19H22N2O2S/c1-4-24-17-12-14(9-10-20-17)19(22)21-11-5-6-15-13(2)7-8-16(23-3)18(15)21/h7-10,12H,4-6,11H2,1-3H3. The fourth-order valence-electron chi connectivity index (χ4n) is 3.15. The summed E-state index contributed by atoms with van der Waals surface area (Å²) in [6.07, 6.45) is 3.66. The number of carbonyl (C=O) groups excluding carboxylic acids is 1. The summed E-state index contributed by atoms with van der Waals surface area (Å²) in [6.45, 7) is 4.88.